The molecule has 0 atom stereocenters. The van der Waals surface area contributed by atoms with E-state index in [1.54, 1.807) is 6.92 Å². The minimum atomic E-state index is -4.27. The van der Waals surface area contributed by atoms with Crippen molar-refractivity contribution < 1.29 is 13.2 Å². The van der Waals surface area contributed by atoms with Crippen molar-refractivity contribution in [1.82, 2.24) is 0 Å². The van der Waals surface area contributed by atoms with Crippen molar-refractivity contribution in [3.8, 4) is 0 Å². The number of hydrogen-bond donors (Lipinski definition) is 1. The normalized spacial score (nSPS) is 11.8. The molecule has 0 amide bonds. The van der Waals surface area contributed by atoms with Crippen LogP contribution in [0.3, 0.4) is 0 Å². The summed E-state index contributed by atoms with van der Waals surface area (Å²) in [6.45, 7) is 1.76. The van der Waals surface area contributed by atoms with Gasteiger partial charge in [0.2, 0.25) is 0 Å². The predicted octanol–water partition coefficient (Wildman–Crippen LogP) is 3.44. The van der Waals surface area contributed by atoms with Crippen LogP contribution >= 0.6 is 12.6 Å². The van der Waals surface area contributed by atoms with E-state index in [2.05, 4.69) is 12.6 Å². The first-order valence-corrected chi connectivity index (χ1v) is 4.36. The molecule has 0 saturated carbocycles. The highest BCUT2D eigenvalue weighted by Crippen LogP contribution is 2.32. The van der Waals surface area contributed by atoms with E-state index < -0.39 is 11.7 Å². The summed E-state index contributed by atoms with van der Waals surface area (Å²) in [6, 6.07) is 4.06. The predicted molar refractivity (Wildman–Crippen MR) is 48.9 cm³/mol. The molecule has 1 aromatic rings. The molecule has 0 aromatic heterocycles. The van der Waals surface area contributed by atoms with Gasteiger partial charge < -0.3 is 0 Å². The SMILES string of the molecule is Cc1ccc(C(F)(F)F)c(CS)c1. The first-order chi connectivity index (χ1) is 5.95. The van der Waals surface area contributed by atoms with Crippen LogP contribution in [-0.2, 0) is 11.9 Å². The number of halogens is 3. The van der Waals surface area contributed by atoms with E-state index in [0.717, 1.165) is 11.6 Å². The number of benzene rings is 1. The molecule has 0 spiro atoms. The molecule has 1 rings (SSSR count). The van der Waals surface area contributed by atoms with Gasteiger partial charge in [0, 0.05) is 5.75 Å². The maximum Gasteiger partial charge on any atom is 0.416 e. The number of thiol groups is 1. The first kappa shape index (κ1) is 10.4. The standard InChI is InChI=1S/C9H9F3S/c1-6-2-3-8(9(10,11)12)7(4-6)5-13/h2-4,13H,5H2,1H3. The summed E-state index contributed by atoms with van der Waals surface area (Å²) in [5, 5.41) is 0. The van der Waals surface area contributed by atoms with Crippen LogP contribution in [0.2, 0.25) is 0 Å². The summed E-state index contributed by atoms with van der Waals surface area (Å²) in [7, 11) is 0. The van der Waals surface area contributed by atoms with Crippen LogP contribution in [-0.4, -0.2) is 0 Å². The fourth-order valence-corrected chi connectivity index (χ4v) is 1.39. The Bertz CT molecular complexity index is 304. The fraction of sp³-hybridized carbons (Fsp3) is 0.333. The zero-order valence-electron chi connectivity index (χ0n) is 7.02. The molecule has 0 N–H and O–H groups in total. The van der Waals surface area contributed by atoms with Gasteiger partial charge in [-0.2, -0.15) is 25.8 Å². The van der Waals surface area contributed by atoms with Crippen LogP contribution in [0.15, 0.2) is 18.2 Å². The van der Waals surface area contributed by atoms with Crippen LogP contribution in [0.25, 0.3) is 0 Å². The third-order valence-corrected chi connectivity index (χ3v) is 2.08. The van der Waals surface area contributed by atoms with Gasteiger partial charge in [0.1, 0.15) is 0 Å². The van der Waals surface area contributed by atoms with Gasteiger partial charge in [-0.25, -0.2) is 0 Å². The average molecular weight is 206 g/mol. The molecule has 0 bridgehead atoms. The number of aryl methyl sites for hydroxylation is 1. The lowest BCUT2D eigenvalue weighted by Crippen LogP contribution is -2.08. The van der Waals surface area contributed by atoms with E-state index >= 15 is 0 Å². The number of alkyl halides is 3. The van der Waals surface area contributed by atoms with E-state index in [1.807, 2.05) is 0 Å². The molecule has 0 heterocycles. The molecule has 0 saturated heterocycles. The molecule has 0 nitrogen and oxygen atoms in total. The van der Waals surface area contributed by atoms with Gasteiger partial charge >= 0.3 is 6.18 Å². The molecular weight excluding hydrogens is 197 g/mol. The summed E-state index contributed by atoms with van der Waals surface area (Å²) < 4.78 is 37.0. The van der Waals surface area contributed by atoms with E-state index in [0.29, 0.717) is 0 Å². The van der Waals surface area contributed by atoms with E-state index in [-0.39, 0.29) is 11.3 Å². The van der Waals surface area contributed by atoms with E-state index in [1.165, 1.54) is 12.1 Å². The Labute approximate surface area is 80.2 Å². The largest absolute Gasteiger partial charge is 0.416 e. The van der Waals surface area contributed by atoms with Crippen LogP contribution in [0.4, 0.5) is 13.2 Å². The van der Waals surface area contributed by atoms with Gasteiger partial charge in [-0.1, -0.05) is 17.7 Å². The molecule has 0 fully saturated rings. The maximum atomic E-state index is 12.3. The monoisotopic (exact) mass is 206 g/mol. The van der Waals surface area contributed by atoms with E-state index in [4.69, 9.17) is 0 Å². The van der Waals surface area contributed by atoms with Crippen LogP contribution < -0.4 is 0 Å². The van der Waals surface area contributed by atoms with Crippen molar-refractivity contribution in [3.05, 3.63) is 34.9 Å². The third-order valence-electron chi connectivity index (χ3n) is 1.74. The molecule has 72 valence electrons. The summed E-state index contributed by atoms with van der Waals surface area (Å²) in [4.78, 5) is 0. The Morgan fingerprint density at radius 2 is 1.92 bits per heavy atom. The molecule has 1 aromatic carbocycles. The van der Waals surface area contributed by atoms with Crippen molar-refractivity contribution in [2.24, 2.45) is 0 Å². The van der Waals surface area contributed by atoms with Crippen molar-refractivity contribution in [1.29, 1.82) is 0 Å². The van der Waals surface area contributed by atoms with Gasteiger partial charge in [-0.3, -0.25) is 0 Å². The second-order valence-electron chi connectivity index (χ2n) is 2.82. The minimum Gasteiger partial charge on any atom is -0.175 e. The zero-order valence-corrected chi connectivity index (χ0v) is 7.91. The van der Waals surface area contributed by atoms with E-state index in [9.17, 15) is 13.2 Å². The number of rotatable bonds is 1. The van der Waals surface area contributed by atoms with Crippen LogP contribution in [0, 0.1) is 6.92 Å². The van der Waals surface area contributed by atoms with Crippen LogP contribution in [0.5, 0.6) is 0 Å². The highest BCUT2D eigenvalue weighted by atomic mass is 32.1. The molecule has 0 aliphatic rings. The van der Waals surface area contributed by atoms with Crippen molar-refractivity contribution in [2.45, 2.75) is 18.9 Å². The van der Waals surface area contributed by atoms with Crippen molar-refractivity contribution in [2.75, 3.05) is 0 Å². The Morgan fingerprint density at radius 3 is 2.38 bits per heavy atom. The second kappa shape index (κ2) is 3.62. The number of hydrogen-bond acceptors (Lipinski definition) is 1. The molecular formula is C9H9F3S. The lowest BCUT2D eigenvalue weighted by molar-refractivity contribution is -0.138. The zero-order chi connectivity index (χ0) is 10.1. The van der Waals surface area contributed by atoms with Gasteiger partial charge in [0.15, 0.2) is 0 Å². The lowest BCUT2D eigenvalue weighted by atomic mass is 10.1. The summed E-state index contributed by atoms with van der Waals surface area (Å²) in [5.74, 6) is 0.108. The summed E-state index contributed by atoms with van der Waals surface area (Å²) >= 11 is 3.86. The van der Waals surface area contributed by atoms with Crippen molar-refractivity contribution >= 4 is 12.6 Å². The molecule has 0 radical (unpaired) electrons. The van der Waals surface area contributed by atoms with Crippen molar-refractivity contribution in [3.63, 3.8) is 0 Å². The van der Waals surface area contributed by atoms with Gasteiger partial charge in [0.25, 0.3) is 0 Å². The second-order valence-corrected chi connectivity index (χ2v) is 3.13. The van der Waals surface area contributed by atoms with Gasteiger partial charge in [-0.05, 0) is 18.6 Å². The molecule has 0 aliphatic carbocycles. The van der Waals surface area contributed by atoms with Gasteiger partial charge in [-0.15, -0.1) is 0 Å². The smallest absolute Gasteiger partial charge is 0.175 e. The fourth-order valence-electron chi connectivity index (χ4n) is 1.13. The molecule has 4 heteroatoms. The first-order valence-electron chi connectivity index (χ1n) is 3.72. The molecule has 13 heavy (non-hydrogen) atoms. The van der Waals surface area contributed by atoms with Crippen LogP contribution in [0.1, 0.15) is 16.7 Å². The highest BCUT2D eigenvalue weighted by Gasteiger charge is 2.32. The summed E-state index contributed by atoms with van der Waals surface area (Å²) in [6.07, 6.45) is -4.27. The lowest BCUT2D eigenvalue weighted by Gasteiger charge is -2.11. The third kappa shape index (κ3) is 2.40. The maximum absolute atomic E-state index is 12.3. The van der Waals surface area contributed by atoms with Gasteiger partial charge in [0.05, 0.1) is 5.56 Å². The molecule has 0 unspecified atom stereocenters. The topological polar surface area (TPSA) is 0 Å². The Balaban J connectivity index is 3.22. The minimum absolute atomic E-state index is 0.108. The Hall–Kier alpha value is -0.640. The Morgan fingerprint density at radius 1 is 1.31 bits per heavy atom. The summed E-state index contributed by atoms with van der Waals surface area (Å²) in [5.41, 5.74) is 0.459. The average Bonchev–Trinajstić information content (AvgIpc) is 2.01. The quantitative estimate of drug-likeness (QED) is 0.668. The molecule has 0 aliphatic heterocycles. The Kier molecular flexibility index (Phi) is 2.91. The highest BCUT2D eigenvalue weighted by molar-refractivity contribution is 7.79.